The van der Waals surface area contributed by atoms with E-state index >= 15 is 0 Å². The maximum atomic E-state index is 6.40. The SMILES string of the molecule is CCc1occc1C(Cl)c1ccccc1. The molecule has 1 aromatic heterocycles. The molecule has 1 unspecified atom stereocenters. The minimum atomic E-state index is -0.111. The van der Waals surface area contributed by atoms with Gasteiger partial charge in [-0.3, -0.25) is 0 Å². The Hall–Kier alpha value is -1.21. The predicted molar refractivity (Wildman–Crippen MR) is 62.2 cm³/mol. The summed E-state index contributed by atoms with van der Waals surface area (Å²) in [6.45, 7) is 2.07. The average Bonchev–Trinajstić information content (AvgIpc) is 2.77. The molecule has 2 heteroatoms. The summed E-state index contributed by atoms with van der Waals surface area (Å²) in [7, 11) is 0. The molecule has 78 valence electrons. The molecule has 2 aromatic rings. The monoisotopic (exact) mass is 220 g/mol. The smallest absolute Gasteiger partial charge is 0.108 e. The molecule has 1 heterocycles. The maximum absolute atomic E-state index is 6.40. The van der Waals surface area contributed by atoms with Gasteiger partial charge in [-0.25, -0.2) is 0 Å². The van der Waals surface area contributed by atoms with E-state index in [1.807, 2.05) is 36.4 Å². The van der Waals surface area contributed by atoms with Gasteiger partial charge >= 0.3 is 0 Å². The molecule has 0 bridgehead atoms. The van der Waals surface area contributed by atoms with Crippen LogP contribution in [0.3, 0.4) is 0 Å². The standard InChI is InChI=1S/C13H13ClO/c1-2-12-11(8-9-15-12)13(14)10-6-4-3-5-7-10/h3-9,13H,2H2,1H3. The molecule has 0 spiro atoms. The summed E-state index contributed by atoms with van der Waals surface area (Å²) in [5.41, 5.74) is 2.18. The fourth-order valence-electron chi connectivity index (χ4n) is 1.67. The molecular formula is C13H13ClO. The van der Waals surface area contributed by atoms with Crippen molar-refractivity contribution in [3.05, 3.63) is 59.5 Å². The fraction of sp³-hybridized carbons (Fsp3) is 0.231. The van der Waals surface area contributed by atoms with Crippen LogP contribution >= 0.6 is 11.6 Å². The van der Waals surface area contributed by atoms with Crippen molar-refractivity contribution in [3.63, 3.8) is 0 Å². The molecule has 0 N–H and O–H groups in total. The Morgan fingerprint density at radius 1 is 1.20 bits per heavy atom. The van der Waals surface area contributed by atoms with E-state index < -0.39 is 0 Å². The molecule has 15 heavy (non-hydrogen) atoms. The number of hydrogen-bond acceptors (Lipinski definition) is 1. The van der Waals surface area contributed by atoms with Crippen LogP contribution in [-0.2, 0) is 6.42 Å². The molecule has 2 rings (SSSR count). The summed E-state index contributed by atoms with van der Waals surface area (Å²) in [5.74, 6) is 0.971. The molecule has 1 atom stereocenters. The van der Waals surface area contributed by atoms with E-state index in [0.29, 0.717) is 0 Å². The number of alkyl halides is 1. The fourth-order valence-corrected chi connectivity index (χ4v) is 2.01. The van der Waals surface area contributed by atoms with Gasteiger partial charge in [-0.1, -0.05) is 37.3 Å². The Labute approximate surface area is 94.7 Å². The van der Waals surface area contributed by atoms with E-state index in [2.05, 4.69) is 6.92 Å². The van der Waals surface area contributed by atoms with Gasteiger partial charge in [0, 0.05) is 12.0 Å². The Bertz CT molecular complexity index is 419. The topological polar surface area (TPSA) is 13.1 Å². The Kier molecular flexibility index (Phi) is 3.12. The third-order valence-corrected chi connectivity index (χ3v) is 2.95. The van der Waals surface area contributed by atoms with Crippen LogP contribution < -0.4 is 0 Å². The van der Waals surface area contributed by atoms with Gasteiger partial charge in [0.15, 0.2) is 0 Å². The van der Waals surface area contributed by atoms with Crippen LogP contribution in [0.25, 0.3) is 0 Å². The normalized spacial score (nSPS) is 12.7. The van der Waals surface area contributed by atoms with Crippen LogP contribution in [-0.4, -0.2) is 0 Å². The first-order valence-corrected chi connectivity index (χ1v) is 5.52. The molecule has 0 aliphatic carbocycles. The summed E-state index contributed by atoms with van der Waals surface area (Å²) in [5, 5.41) is -0.111. The van der Waals surface area contributed by atoms with Gasteiger partial charge in [0.05, 0.1) is 11.6 Å². The van der Waals surface area contributed by atoms with E-state index in [9.17, 15) is 0 Å². The van der Waals surface area contributed by atoms with E-state index in [0.717, 1.165) is 23.3 Å². The van der Waals surface area contributed by atoms with Crippen molar-refractivity contribution < 1.29 is 4.42 Å². The van der Waals surface area contributed by atoms with E-state index in [1.165, 1.54) is 0 Å². The molecular weight excluding hydrogens is 208 g/mol. The third-order valence-electron chi connectivity index (χ3n) is 2.47. The summed E-state index contributed by atoms with van der Waals surface area (Å²) in [4.78, 5) is 0. The molecule has 0 fully saturated rings. The average molecular weight is 221 g/mol. The van der Waals surface area contributed by atoms with Crippen LogP contribution in [0.2, 0.25) is 0 Å². The van der Waals surface area contributed by atoms with Crippen molar-refractivity contribution >= 4 is 11.6 Å². The minimum Gasteiger partial charge on any atom is -0.469 e. The van der Waals surface area contributed by atoms with Crippen LogP contribution in [0.4, 0.5) is 0 Å². The lowest BCUT2D eigenvalue weighted by Gasteiger charge is -2.09. The number of furan rings is 1. The van der Waals surface area contributed by atoms with Crippen LogP contribution in [0.1, 0.15) is 29.2 Å². The Balaban J connectivity index is 2.32. The van der Waals surface area contributed by atoms with Gasteiger partial charge in [0.2, 0.25) is 0 Å². The van der Waals surface area contributed by atoms with Gasteiger partial charge in [0.1, 0.15) is 5.76 Å². The molecule has 1 nitrogen and oxygen atoms in total. The third kappa shape index (κ3) is 2.07. The molecule has 0 aliphatic heterocycles. The van der Waals surface area contributed by atoms with Gasteiger partial charge in [-0.05, 0) is 11.6 Å². The van der Waals surface area contributed by atoms with E-state index in [1.54, 1.807) is 6.26 Å². The Morgan fingerprint density at radius 3 is 2.60 bits per heavy atom. The maximum Gasteiger partial charge on any atom is 0.108 e. The van der Waals surface area contributed by atoms with Crippen molar-refractivity contribution in [2.45, 2.75) is 18.7 Å². The van der Waals surface area contributed by atoms with Crippen LogP contribution in [0.15, 0.2) is 47.1 Å². The molecule has 0 amide bonds. The zero-order chi connectivity index (χ0) is 10.7. The van der Waals surface area contributed by atoms with Gasteiger partial charge in [0.25, 0.3) is 0 Å². The van der Waals surface area contributed by atoms with Crippen LogP contribution in [0, 0.1) is 0 Å². The highest BCUT2D eigenvalue weighted by Gasteiger charge is 2.15. The molecule has 1 aromatic carbocycles. The molecule has 0 radical (unpaired) electrons. The first-order chi connectivity index (χ1) is 7.33. The van der Waals surface area contributed by atoms with Crippen molar-refractivity contribution in [1.82, 2.24) is 0 Å². The van der Waals surface area contributed by atoms with Crippen LogP contribution in [0.5, 0.6) is 0 Å². The largest absolute Gasteiger partial charge is 0.469 e. The summed E-state index contributed by atoms with van der Waals surface area (Å²) >= 11 is 6.40. The second kappa shape index (κ2) is 4.54. The van der Waals surface area contributed by atoms with Gasteiger partial charge in [-0.15, -0.1) is 11.6 Å². The van der Waals surface area contributed by atoms with Crippen molar-refractivity contribution in [3.8, 4) is 0 Å². The lowest BCUT2D eigenvalue weighted by molar-refractivity contribution is 0.512. The van der Waals surface area contributed by atoms with Crippen molar-refractivity contribution in [2.75, 3.05) is 0 Å². The number of rotatable bonds is 3. The first-order valence-electron chi connectivity index (χ1n) is 5.08. The van der Waals surface area contributed by atoms with E-state index in [-0.39, 0.29) is 5.38 Å². The summed E-state index contributed by atoms with van der Waals surface area (Å²) in [6.07, 6.45) is 2.57. The lowest BCUT2D eigenvalue weighted by atomic mass is 10.0. The van der Waals surface area contributed by atoms with E-state index in [4.69, 9.17) is 16.0 Å². The van der Waals surface area contributed by atoms with Crippen molar-refractivity contribution in [2.24, 2.45) is 0 Å². The first kappa shape index (κ1) is 10.3. The highest BCUT2D eigenvalue weighted by atomic mass is 35.5. The quantitative estimate of drug-likeness (QED) is 0.708. The molecule has 0 saturated carbocycles. The second-order valence-electron chi connectivity index (χ2n) is 3.43. The zero-order valence-electron chi connectivity index (χ0n) is 8.61. The number of aryl methyl sites for hydroxylation is 1. The molecule has 0 aliphatic rings. The number of benzene rings is 1. The lowest BCUT2D eigenvalue weighted by Crippen LogP contribution is -1.94. The molecule has 0 saturated heterocycles. The highest BCUT2D eigenvalue weighted by Crippen LogP contribution is 2.31. The van der Waals surface area contributed by atoms with Crippen molar-refractivity contribution in [1.29, 1.82) is 0 Å². The predicted octanol–water partition coefficient (Wildman–Crippen LogP) is 4.17. The minimum absolute atomic E-state index is 0.111. The summed E-state index contributed by atoms with van der Waals surface area (Å²) in [6, 6.07) is 12.0. The number of halogens is 1. The van der Waals surface area contributed by atoms with Gasteiger partial charge in [-0.2, -0.15) is 0 Å². The van der Waals surface area contributed by atoms with Gasteiger partial charge < -0.3 is 4.42 Å². The highest BCUT2D eigenvalue weighted by molar-refractivity contribution is 6.22. The second-order valence-corrected chi connectivity index (χ2v) is 3.86. The summed E-state index contributed by atoms with van der Waals surface area (Å²) < 4.78 is 5.37. The zero-order valence-corrected chi connectivity index (χ0v) is 9.37. The number of hydrogen-bond donors (Lipinski definition) is 0. The Morgan fingerprint density at radius 2 is 1.93 bits per heavy atom.